The Morgan fingerprint density at radius 1 is 1.30 bits per heavy atom. The summed E-state index contributed by atoms with van der Waals surface area (Å²) in [5.41, 5.74) is 0.965. The van der Waals surface area contributed by atoms with Crippen molar-refractivity contribution in [3.05, 3.63) is 42.0 Å². The highest BCUT2D eigenvalue weighted by Gasteiger charge is 2.33. The minimum Gasteiger partial charge on any atom is -0.465 e. The molecule has 1 aromatic rings. The highest BCUT2D eigenvalue weighted by molar-refractivity contribution is 5.94. The van der Waals surface area contributed by atoms with Crippen LogP contribution in [-0.2, 0) is 14.3 Å². The van der Waals surface area contributed by atoms with Crippen LogP contribution in [0.1, 0.15) is 25.3 Å². The third-order valence-corrected chi connectivity index (χ3v) is 3.09. The first-order chi connectivity index (χ1) is 9.70. The number of amides is 1. The first-order valence-electron chi connectivity index (χ1n) is 6.90. The summed E-state index contributed by atoms with van der Waals surface area (Å²) in [7, 11) is 0. The smallest absolute Gasteiger partial charge is 0.325 e. The van der Waals surface area contributed by atoms with Gasteiger partial charge >= 0.3 is 5.97 Å². The SMILES string of the molecule is CCOC(=O)CN(C(=O)C=Cc1ccccc1)C1CC1. The van der Waals surface area contributed by atoms with Gasteiger partial charge in [-0.15, -0.1) is 0 Å². The minimum absolute atomic E-state index is 0.0382. The van der Waals surface area contributed by atoms with Crippen LogP contribution in [0.4, 0.5) is 0 Å². The molecular weight excluding hydrogens is 254 g/mol. The molecule has 1 saturated carbocycles. The van der Waals surface area contributed by atoms with Crippen molar-refractivity contribution < 1.29 is 14.3 Å². The van der Waals surface area contributed by atoms with Gasteiger partial charge in [0.15, 0.2) is 0 Å². The van der Waals surface area contributed by atoms with Crippen molar-refractivity contribution in [2.75, 3.05) is 13.2 Å². The quantitative estimate of drug-likeness (QED) is 0.590. The minimum atomic E-state index is -0.346. The van der Waals surface area contributed by atoms with Gasteiger partial charge in [-0.2, -0.15) is 0 Å². The van der Waals surface area contributed by atoms with E-state index in [0.29, 0.717) is 6.61 Å². The van der Waals surface area contributed by atoms with Crippen LogP contribution in [0.3, 0.4) is 0 Å². The lowest BCUT2D eigenvalue weighted by molar-refractivity contribution is -0.148. The van der Waals surface area contributed by atoms with Gasteiger partial charge in [0.1, 0.15) is 6.54 Å². The van der Waals surface area contributed by atoms with Crippen LogP contribution in [0.15, 0.2) is 36.4 Å². The van der Waals surface area contributed by atoms with Crippen molar-refractivity contribution >= 4 is 18.0 Å². The lowest BCUT2D eigenvalue weighted by atomic mass is 10.2. The van der Waals surface area contributed by atoms with Crippen molar-refractivity contribution in [2.24, 2.45) is 0 Å². The fourth-order valence-corrected chi connectivity index (χ4v) is 1.95. The van der Waals surface area contributed by atoms with E-state index in [1.165, 1.54) is 6.08 Å². The second kappa shape index (κ2) is 6.89. The molecule has 0 heterocycles. The molecule has 106 valence electrons. The summed E-state index contributed by atoms with van der Waals surface area (Å²) in [6.07, 6.45) is 5.21. The van der Waals surface area contributed by atoms with E-state index in [2.05, 4.69) is 0 Å². The van der Waals surface area contributed by atoms with Crippen LogP contribution >= 0.6 is 0 Å². The maximum Gasteiger partial charge on any atom is 0.325 e. The van der Waals surface area contributed by atoms with Crippen LogP contribution in [0.5, 0.6) is 0 Å². The molecule has 1 aliphatic rings. The topological polar surface area (TPSA) is 46.6 Å². The maximum atomic E-state index is 12.2. The van der Waals surface area contributed by atoms with E-state index < -0.39 is 0 Å². The lowest BCUT2D eigenvalue weighted by Gasteiger charge is -2.19. The van der Waals surface area contributed by atoms with Gasteiger partial charge in [0, 0.05) is 12.1 Å². The van der Waals surface area contributed by atoms with Crippen molar-refractivity contribution in [1.29, 1.82) is 0 Å². The number of carbonyl (C=O) groups excluding carboxylic acids is 2. The first-order valence-corrected chi connectivity index (χ1v) is 6.90. The van der Waals surface area contributed by atoms with Crippen LogP contribution < -0.4 is 0 Å². The Morgan fingerprint density at radius 2 is 2.00 bits per heavy atom. The molecule has 0 radical (unpaired) electrons. The first kappa shape index (κ1) is 14.3. The van der Waals surface area contributed by atoms with Crippen LogP contribution in [-0.4, -0.2) is 36.0 Å². The van der Waals surface area contributed by atoms with E-state index in [-0.39, 0.29) is 24.5 Å². The van der Waals surface area contributed by atoms with Gasteiger partial charge in [-0.25, -0.2) is 0 Å². The fourth-order valence-electron chi connectivity index (χ4n) is 1.95. The number of esters is 1. The fraction of sp³-hybridized carbons (Fsp3) is 0.375. The lowest BCUT2D eigenvalue weighted by Crippen LogP contribution is -2.37. The molecule has 0 atom stereocenters. The molecule has 1 amide bonds. The summed E-state index contributed by atoms with van der Waals surface area (Å²) >= 11 is 0. The monoisotopic (exact) mass is 273 g/mol. The number of carbonyl (C=O) groups is 2. The van der Waals surface area contributed by atoms with E-state index in [1.54, 1.807) is 17.9 Å². The summed E-state index contributed by atoms with van der Waals surface area (Å²) in [6.45, 7) is 2.14. The Labute approximate surface area is 119 Å². The Morgan fingerprint density at radius 3 is 2.60 bits per heavy atom. The molecule has 4 nitrogen and oxygen atoms in total. The second-order valence-corrected chi connectivity index (χ2v) is 4.75. The van der Waals surface area contributed by atoms with Crippen molar-refractivity contribution in [3.8, 4) is 0 Å². The molecule has 0 N–H and O–H groups in total. The zero-order valence-electron chi connectivity index (χ0n) is 11.6. The Bertz CT molecular complexity index is 492. The van der Waals surface area contributed by atoms with Gasteiger partial charge in [-0.05, 0) is 31.4 Å². The number of ether oxygens (including phenoxy) is 1. The van der Waals surface area contributed by atoms with Gasteiger partial charge in [-0.3, -0.25) is 9.59 Å². The molecule has 20 heavy (non-hydrogen) atoms. The van der Waals surface area contributed by atoms with Gasteiger partial charge in [-0.1, -0.05) is 30.3 Å². The van der Waals surface area contributed by atoms with Crippen LogP contribution in [0.25, 0.3) is 6.08 Å². The summed E-state index contributed by atoms with van der Waals surface area (Å²) in [5.74, 6) is -0.481. The number of rotatable bonds is 6. The van der Waals surface area contributed by atoms with Crippen LogP contribution in [0, 0.1) is 0 Å². The number of hydrogen-bond acceptors (Lipinski definition) is 3. The normalized spacial score (nSPS) is 14.2. The zero-order chi connectivity index (χ0) is 14.4. The molecule has 0 bridgehead atoms. The van der Waals surface area contributed by atoms with Crippen molar-refractivity contribution in [2.45, 2.75) is 25.8 Å². The second-order valence-electron chi connectivity index (χ2n) is 4.75. The van der Waals surface area contributed by atoms with E-state index in [1.807, 2.05) is 30.3 Å². The number of hydrogen-bond donors (Lipinski definition) is 0. The van der Waals surface area contributed by atoms with Gasteiger partial charge in [0.05, 0.1) is 6.61 Å². The van der Waals surface area contributed by atoms with Gasteiger partial charge < -0.3 is 9.64 Å². The Hall–Kier alpha value is -2.10. The molecule has 4 heteroatoms. The predicted molar refractivity (Wildman–Crippen MR) is 76.8 cm³/mol. The van der Waals surface area contributed by atoms with E-state index in [0.717, 1.165) is 18.4 Å². The molecular formula is C16H19NO3. The third-order valence-electron chi connectivity index (χ3n) is 3.09. The molecule has 1 aliphatic carbocycles. The summed E-state index contributed by atoms with van der Waals surface area (Å²) < 4.78 is 4.91. The number of benzene rings is 1. The maximum absolute atomic E-state index is 12.2. The predicted octanol–water partition coefficient (Wildman–Crippen LogP) is 2.25. The summed E-state index contributed by atoms with van der Waals surface area (Å²) in [6, 6.07) is 9.80. The highest BCUT2D eigenvalue weighted by atomic mass is 16.5. The average Bonchev–Trinajstić information content (AvgIpc) is 3.28. The zero-order valence-corrected chi connectivity index (χ0v) is 11.6. The Kier molecular flexibility index (Phi) is 4.93. The summed E-state index contributed by atoms with van der Waals surface area (Å²) in [4.78, 5) is 25.3. The van der Waals surface area contributed by atoms with Crippen molar-refractivity contribution in [3.63, 3.8) is 0 Å². The largest absolute Gasteiger partial charge is 0.465 e. The van der Waals surface area contributed by atoms with E-state index in [9.17, 15) is 9.59 Å². The van der Waals surface area contributed by atoms with E-state index in [4.69, 9.17) is 4.74 Å². The molecule has 1 fully saturated rings. The molecule has 0 saturated heterocycles. The van der Waals surface area contributed by atoms with Gasteiger partial charge in [0.2, 0.25) is 5.91 Å². The summed E-state index contributed by atoms with van der Waals surface area (Å²) in [5, 5.41) is 0. The van der Waals surface area contributed by atoms with Crippen molar-refractivity contribution in [1.82, 2.24) is 4.90 Å². The standard InChI is InChI=1S/C16H19NO3/c1-2-20-16(19)12-17(14-9-10-14)15(18)11-8-13-6-4-3-5-7-13/h3-8,11,14H,2,9-10,12H2,1H3. The third kappa shape index (κ3) is 4.23. The van der Waals surface area contributed by atoms with E-state index >= 15 is 0 Å². The molecule has 0 spiro atoms. The highest BCUT2D eigenvalue weighted by Crippen LogP contribution is 2.27. The molecule has 2 rings (SSSR count). The van der Waals surface area contributed by atoms with Gasteiger partial charge in [0.25, 0.3) is 0 Å². The Balaban J connectivity index is 1.97. The van der Waals surface area contributed by atoms with Crippen LogP contribution in [0.2, 0.25) is 0 Å². The molecule has 1 aromatic carbocycles. The molecule has 0 unspecified atom stereocenters. The number of nitrogens with zero attached hydrogens (tertiary/aromatic N) is 1. The molecule has 0 aromatic heterocycles. The molecule has 0 aliphatic heterocycles. The average molecular weight is 273 g/mol.